The molecule has 2 heterocycles. The second-order valence-corrected chi connectivity index (χ2v) is 4.41. The largest absolute Gasteiger partial charge is 0.306 e. The minimum absolute atomic E-state index is 0.123. The summed E-state index contributed by atoms with van der Waals surface area (Å²) in [7, 11) is 0. The number of amides is 1. The zero-order chi connectivity index (χ0) is 10.4. The van der Waals surface area contributed by atoms with Crippen LogP contribution in [-0.2, 0) is 11.2 Å². The molecule has 0 radical (unpaired) electrons. The highest BCUT2D eigenvalue weighted by atomic mass is 35.5. The lowest BCUT2D eigenvalue weighted by Gasteiger charge is -2.30. The van der Waals surface area contributed by atoms with Gasteiger partial charge in [-0.25, -0.2) is 0 Å². The van der Waals surface area contributed by atoms with Crippen LogP contribution in [0.3, 0.4) is 0 Å². The number of fused-ring (bicyclic) bond motifs is 3. The molecule has 2 aliphatic heterocycles. The van der Waals surface area contributed by atoms with Crippen LogP contribution in [0, 0.1) is 0 Å². The van der Waals surface area contributed by atoms with Gasteiger partial charge in [-0.2, -0.15) is 0 Å². The third kappa shape index (κ3) is 1.27. The summed E-state index contributed by atoms with van der Waals surface area (Å²) in [6.07, 6.45) is 0.911. The van der Waals surface area contributed by atoms with Crippen LogP contribution in [-0.4, -0.2) is 25.0 Å². The van der Waals surface area contributed by atoms with Crippen molar-refractivity contribution in [2.24, 2.45) is 0 Å². The number of anilines is 1. The Balaban J connectivity index is 2.12. The first-order valence-electron chi connectivity index (χ1n) is 5.07. The molecular weight excluding hydrogens is 212 g/mol. The molecular formula is C11H11ClN2O. The van der Waals surface area contributed by atoms with Crippen LogP contribution in [0.2, 0.25) is 5.02 Å². The van der Waals surface area contributed by atoms with E-state index in [1.807, 2.05) is 23.1 Å². The van der Waals surface area contributed by atoms with Gasteiger partial charge in [0.2, 0.25) is 5.91 Å². The van der Waals surface area contributed by atoms with Crippen LogP contribution in [0.5, 0.6) is 0 Å². The highest BCUT2D eigenvalue weighted by Gasteiger charge is 2.37. The molecule has 1 fully saturated rings. The minimum atomic E-state index is 0.123. The average Bonchev–Trinajstić information content (AvgIpc) is 2.58. The van der Waals surface area contributed by atoms with Crippen molar-refractivity contribution in [1.29, 1.82) is 0 Å². The van der Waals surface area contributed by atoms with Crippen LogP contribution in [0.4, 0.5) is 5.69 Å². The van der Waals surface area contributed by atoms with E-state index in [0.717, 1.165) is 18.7 Å². The number of nitrogens with one attached hydrogen (secondary N) is 1. The van der Waals surface area contributed by atoms with Gasteiger partial charge in [-0.15, -0.1) is 0 Å². The molecule has 0 aromatic heterocycles. The quantitative estimate of drug-likeness (QED) is 0.716. The van der Waals surface area contributed by atoms with Crippen LogP contribution in [0.25, 0.3) is 0 Å². The second-order valence-electron chi connectivity index (χ2n) is 4.00. The molecule has 3 nitrogen and oxygen atoms in total. The zero-order valence-electron chi connectivity index (χ0n) is 8.16. The monoisotopic (exact) mass is 222 g/mol. The van der Waals surface area contributed by atoms with Gasteiger partial charge in [0, 0.05) is 6.54 Å². The number of rotatable bonds is 0. The summed E-state index contributed by atoms with van der Waals surface area (Å²) < 4.78 is 0. The lowest BCUT2D eigenvalue weighted by atomic mass is 10.1. The predicted molar refractivity (Wildman–Crippen MR) is 59.3 cm³/mol. The summed E-state index contributed by atoms with van der Waals surface area (Å²) >= 11 is 6.14. The van der Waals surface area contributed by atoms with Gasteiger partial charge in [0.05, 0.1) is 23.3 Å². The van der Waals surface area contributed by atoms with E-state index in [-0.39, 0.29) is 11.9 Å². The lowest BCUT2D eigenvalue weighted by molar-refractivity contribution is -0.119. The van der Waals surface area contributed by atoms with E-state index in [1.165, 1.54) is 5.56 Å². The molecule has 3 rings (SSSR count). The first kappa shape index (κ1) is 9.19. The molecule has 15 heavy (non-hydrogen) atoms. The summed E-state index contributed by atoms with van der Waals surface area (Å²) in [5, 5.41) is 3.81. The highest BCUT2D eigenvalue weighted by molar-refractivity contribution is 6.34. The molecule has 1 saturated heterocycles. The number of nitrogens with zero attached hydrogens (tertiary/aromatic N) is 1. The highest BCUT2D eigenvalue weighted by Crippen LogP contribution is 2.38. The fourth-order valence-electron chi connectivity index (χ4n) is 2.44. The Morgan fingerprint density at radius 1 is 1.47 bits per heavy atom. The normalized spacial score (nSPS) is 23.9. The molecule has 0 spiro atoms. The molecule has 1 unspecified atom stereocenters. The van der Waals surface area contributed by atoms with Crippen LogP contribution >= 0.6 is 11.6 Å². The van der Waals surface area contributed by atoms with Gasteiger partial charge in [0.15, 0.2) is 0 Å². The van der Waals surface area contributed by atoms with Crippen molar-refractivity contribution in [3.63, 3.8) is 0 Å². The van der Waals surface area contributed by atoms with Crippen LogP contribution in [0.1, 0.15) is 5.56 Å². The Hall–Kier alpha value is -1.06. The first-order chi connectivity index (χ1) is 7.27. The van der Waals surface area contributed by atoms with E-state index in [0.29, 0.717) is 11.6 Å². The van der Waals surface area contributed by atoms with Crippen molar-refractivity contribution >= 4 is 23.2 Å². The van der Waals surface area contributed by atoms with Crippen molar-refractivity contribution in [3.05, 3.63) is 28.8 Å². The minimum Gasteiger partial charge on any atom is -0.306 e. The van der Waals surface area contributed by atoms with Gasteiger partial charge in [-0.1, -0.05) is 23.7 Å². The van der Waals surface area contributed by atoms with Crippen molar-refractivity contribution in [3.8, 4) is 0 Å². The van der Waals surface area contributed by atoms with Gasteiger partial charge in [-0.05, 0) is 18.1 Å². The average molecular weight is 223 g/mol. The SMILES string of the molecule is O=C1CNCC2Cc3cccc(Cl)c3N12. The van der Waals surface area contributed by atoms with Crippen molar-refractivity contribution in [2.75, 3.05) is 18.0 Å². The number of hydrogen-bond donors (Lipinski definition) is 1. The Kier molecular flexibility index (Phi) is 1.97. The fourth-order valence-corrected chi connectivity index (χ4v) is 2.73. The fraction of sp³-hybridized carbons (Fsp3) is 0.364. The van der Waals surface area contributed by atoms with E-state index in [4.69, 9.17) is 11.6 Å². The maximum Gasteiger partial charge on any atom is 0.241 e. The number of piperazine rings is 1. The van der Waals surface area contributed by atoms with Crippen LogP contribution < -0.4 is 10.2 Å². The maximum absolute atomic E-state index is 11.8. The molecule has 1 N–H and O–H groups in total. The Morgan fingerprint density at radius 3 is 3.20 bits per heavy atom. The summed E-state index contributed by atoms with van der Waals surface area (Å²) in [4.78, 5) is 13.7. The van der Waals surface area contributed by atoms with Gasteiger partial charge in [-0.3, -0.25) is 4.79 Å². The van der Waals surface area contributed by atoms with Crippen LogP contribution in [0.15, 0.2) is 18.2 Å². The summed E-state index contributed by atoms with van der Waals surface area (Å²) in [5.74, 6) is 0.123. The first-order valence-corrected chi connectivity index (χ1v) is 5.45. The molecule has 4 heteroatoms. The number of para-hydroxylation sites is 1. The number of carbonyl (C=O) groups is 1. The molecule has 1 aromatic rings. The molecule has 0 bridgehead atoms. The molecule has 2 aliphatic rings. The smallest absolute Gasteiger partial charge is 0.241 e. The lowest BCUT2D eigenvalue weighted by Crippen LogP contribution is -2.53. The predicted octanol–water partition coefficient (Wildman–Crippen LogP) is 1.20. The van der Waals surface area contributed by atoms with E-state index in [2.05, 4.69) is 5.32 Å². The van der Waals surface area contributed by atoms with E-state index >= 15 is 0 Å². The number of hydrogen-bond acceptors (Lipinski definition) is 2. The van der Waals surface area contributed by atoms with E-state index < -0.39 is 0 Å². The van der Waals surface area contributed by atoms with Crippen molar-refractivity contribution < 1.29 is 4.79 Å². The topological polar surface area (TPSA) is 32.3 Å². The third-order valence-corrected chi connectivity index (χ3v) is 3.36. The van der Waals surface area contributed by atoms with Crippen molar-refractivity contribution in [2.45, 2.75) is 12.5 Å². The maximum atomic E-state index is 11.8. The second kappa shape index (κ2) is 3.22. The Labute approximate surface area is 93.0 Å². The third-order valence-electron chi connectivity index (χ3n) is 3.06. The summed E-state index contributed by atoms with van der Waals surface area (Å²) in [5.41, 5.74) is 2.11. The zero-order valence-corrected chi connectivity index (χ0v) is 8.92. The molecule has 78 valence electrons. The standard InChI is InChI=1S/C11H11ClN2O/c12-9-3-1-2-7-4-8-5-13-6-10(15)14(8)11(7)9/h1-3,8,13H,4-6H2. The van der Waals surface area contributed by atoms with Gasteiger partial charge in [0.25, 0.3) is 0 Å². The summed E-state index contributed by atoms with van der Waals surface area (Å²) in [6.45, 7) is 1.28. The number of halogens is 1. The molecule has 0 aliphatic carbocycles. The Bertz CT molecular complexity index is 433. The molecule has 1 atom stereocenters. The van der Waals surface area contributed by atoms with Gasteiger partial charge >= 0.3 is 0 Å². The van der Waals surface area contributed by atoms with E-state index in [9.17, 15) is 4.79 Å². The van der Waals surface area contributed by atoms with E-state index in [1.54, 1.807) is 0 Å². The number of benzene rings is 1. The van der Waals surface area contributed by atoms with Gasteiger partial charge in [0.1, 0.15) is 0 Å². The van der Waals surface area contributed by atoms with Crippen molar-refractivity contribution in [1.82, 2.24) is 5.32 Å². The van der Waals surface area contributed by atoms with Gasteiger partial charge < -0.3 is 10.2 Å². The summed E-state index contributed by atoms with van der Waals surface area (Å²) in [6, 6.07) is 6.09. The Morgan fingerprint density at radius 2 is 2.33 bits per heavy atom. The molecule has 1 aromatic carbocycles. The molecule has 1 amide bonds. The molecule has 0 saturated carbocycles. The number of carbonyl (C=O) groups excluding carboxylic acids is 1.